The van der Waals surface area contributed by atoms with Gasteiger partial charge in [0.15, 0.2) is 0 Å². The van der Waals surface area contributed by atoms with E-state index in [-0.39, 0.29) is 5.54 Å². The van der Waals surface area contributed by atoms with Gasteiger partial charge in [0.1, 0.15) is 0 Å². The van der Waals surface area contributed by atoms with Gasteiger partial charge < -0.3 is 9.88 Å². The van der Waals surface area contributed by atoms with Crippen LogP contribution in [0.5, 0.6) is 0 Å². The second-order valence-electron chi connectivity index (χ2n) is 9.07. The summed E-state index contributed by atoms with van der Waals surface area (Å²) in [5.41, 5.74) is 11.3. The lowest BCUT2D eigenvalue weighted by Gasteiger charge is -2.45. The molecule has 1 heterocycles. The maximum Gasteiger partial charge on any atom is 0.0644 e. The summed E-state index contributed by atoms with van der Waals surface area (Å²) in [5, 5.41) is 5.20. The predicted molar refractivity (Wildman–Crippen MR) is 131 cm³/mol. The number of rotatable bonds is 6. The number of nitrogens with one attached hydrogen (secondary N) is 1. The van der Waals surface area contributed by atoms with Crippen molar-refractivity contribution in [3.63, 3.8) is 0 Å². The van der Waals surface area contributed by atoms with Crippen LogP contribution in [-0.4, -0.2) is 4.57 Å². The van der Waals surface area contributed by atoms with Crippen molar-refractivity contribution in [1.82, 2.24) is 9.88 Å². The molecule has 1 aliphatic carbocycles. The third kappa shape index (κ3) is 3.19. The van der Waals surface area contributed by atoms with E-state index in [1.54, 1.807) is 0 Å². The Morgan fingerprint density at radius 1 is 1.10 bits per heavy atom. The molecule has 156 valence electrons. The van der Waals surface area contributed by atoms with Crippen molar-refractivity contribution < 1.29 is 0 Å². The Balaban J connectivity index is 1.70. The Morgan fingerprint density at radius 2 is 1.83 bits per heavy atom. The highest BCUT2D eigenvalue weighted by molar-refractivity contribution is 5.89. The largest absolute Gasteiger partial charge is 0.374 e. The molecule has 0 unspecified atom stereocenters. The molecule has 0 atom stereocenters. The van der Waals surface area contributed by atoms with Crippen LogP contribution in [0.15, 0.2) is 49.6 Å². The van der Waals surface area contributed by atoms with E-state index in [2.05, 4.69) is 94.2 Å². The minimum Gasteiger partial charge on any atom is -0.374 e. The molecule has 1 aliphatic rings. The standard InChI is InChI=1S/C28H34N2/c1-8-22-11-13-26-24(20(22)5)17-27(30(26)7)21(6)29-28(14-9-15-28)25-12-10-23(18(2)3)16-19(25)4/h10-13,16-17,29H,2,6,8-9,14-15H2,1,3-5,7H3. The first-order valence-electron chi connectivity index (χ1n) is 11.1. The van der Waals surface area contributed by atoms with Gasteiger partial charge in [0.2, 0.25) is 0 Å². The average molecular weight is 399 g/mol. The third-order valence-corrected chi connectivity index (χ3v) is 7.13. The van der Waals surface area contributed by atoms with E-state index in [4.69, 9.17) is 0 Å². The lowest BCUT2D eigenvalue weighted by molar-refractivity contribution is 0.214. The highest BCUT2D eigenvalue weighted by atomic mass is 15.1. The molecule has 2 nitrogen and oxygen atoms in total. The molecule has 0 aliphatic heterocycles. The van der Waals surface area contributed by atoms with E-state index in [0.717, 1.165) is 30.5 Å². The fourth-order valence-electron chi connectivity index (χ4n) is 5.08. The van der Waals surface area contributed by atoms with Crippen molar-refractivity contribution in [2.45, 2.75) is 58.9 Å². The van der Waals surface area contributed by atoms with Gasteiger partial charge in [-0.25, -0.2) is 0 Å². The summed E-state index contributed by atoms with van der Waals surface area (Å²) in [6, 6.07) is 13.6. The van der Waals surface area contributed by atoms with Gasteiger partial charge >= 0.3 is 0 Å². The van der Waals surface area contributed by atoms with E-state index in [9.17, 15) is 0 Å². The lowest BCUT2D eigenvalue weighted by atomic mass is 9.70. The highest BCUT2D eigenvalue weighted by Crippen LogP contribution is 2.44. The van der Waals surface area contributed by atoms with Crippen molar-refractivity contribution in [2.24, 2.45) is 7.05 Å². The normalized spacial score (nSPS) is 15.1. The molecule has 1 saturated carbocycles. The fraction of sp³-hybridized carbons (Fsp3) is 0.357. The first-order chi connectivity index (χ1) is 14.3. The smallest absolute Gasteiger partial charge is 0.0644 e. The van der Waals surface area contributed by atoms with E-state index in [0.29, 0.717) is 0 Å². The Labute approximate surface area is 181 Å². The molecule has 0 saturated heterocycles. The van der Waals surface area contributed by atoms with Crippen LogP contribution in [0.1, 0.15) is 66.6 Å². The summed E-state index contributed by atoms with van der Waals surface area (Å²) in [6.07, 6.45) is 4.59. The van der Waals surface area contributed by atoms with E-state index >= 15 is 0 Å². The van der Waals surface area contributed by atoms with Crippen molar-refractivity contribution >= 4 is 22.2 Å². The van der Waals surface area contributed by atoms with Crippen LogP contribution in [0.3, 0.4) is 0 Å². The summed E-state index contributed by atoms with van der Waals surface area (Å²) in [7, 11) is 2.15. The molecule has 30 heavy (non-hydrogen) atoms. The minimum absolute atomic E-state index is 0.0190. The number of aryl methyl sites for hydroxylation is 4. The number of nitrogens with zero attached hydrogens (tertiary/aromatic N) is 1. The molecule has 0 amide bonds. The van der Waals surface area contributed by atoms with Crippen LogP contribution in [0.4, 0.5) is 0 Å². The predicted octanol–water partition coefficient (Wildman–Crippen LogP) is 7.03. The van der Waals surface area contributed by atoms with Crippen molar-refractivity contribution in [3.8, 4) is 0 Å². The average Bonchev–Trinajstić information content (AvgIpc) is 3.03. The Kier molecular flexibility index (Phi) is 5.13. The van der Waals surface area contributed by atoms with Gasteiger partial charge in [-0.3, -0.25) is 0 Å². The number of allylic oxidation sites excluding steroid dienone is 1. The molecule has 1 fully saturated rings. The molecule has 1 N–H and O–H groups in total. The second kappa shape index (κ2) is 7.50. The Morgan fingerprint density at radius 3 is 2.40 bits per heavy atom. The lowest BCUT2D eigenvalue weighted by Crippen LogP contribution is -2.47. The molecular weight excluding hydrogens is 364 g/mol. The molecule has 2 aromatic carbocycles. The van der Waals surface area contributed by atoms with Gasteiger partial charge in [-0.2, -0.15) is 0 Å². The molecule has 0 bridgehead atoms. The van der Waals surface area contributed by atoms with Crippen molar-refractivity contribution in [2.75, 3.05) is 0 Å². The minimum atomic E-state index is -0.0190. The number of hydrogen-bond acceptors (Lipinski definition) is 1. The molecule has 3 aromatic rings. The Hall–Kier alpha value is -2.74. The number of fused-ring (bicyclic) bond motifs is 1. The topological polar surface area (TPSA) is 17.0 Å². The van der Waals surface area contributed by atoms with Gasteiger partial charge in [0, 0.05) is 18.0 Å². The SMILES string of the molecule is C=C(C)c1ccc(C2(NC(=C)c3cc4c(C)c(CC)ccc4n3C)CCC2)c(C)c1. The zero-order valence-corrected chi connectivity index (χ0v) is 19.2. The Bertz CT molecular complexity index is 1160. The number of hydrogen-bond donors (Lipinski definition) is 1. The first kappa shape index (κ1) is 20.5. The van der Waals surface area contributed by atoms with Gasteiger partial charge in [-0.1, -0.05) is 49.9 Å². The van der Waals surface area contributed by atoms with Gasteiger partial charge in [-0.05, 0) is 86.4 Å². The molecule has 1 aromatic heterocycles. The molecule has 4 rings (SSSR count). The van der Waals surface area contributed by atoms with Crippen LogP contribution in [-0.2, 0) is 19.0 Å². The summed E-state index contributed by atoms with van der Waals surface area (Å²) < 4.78 is 2.28. The van der Waals surface area contributed by atoms with Gasteiger partial charge in [-0.15, -0.1) is 0 Å². The van der Waals surface area contributed by atoms with Crippen LogP contribution in [0.2, 0.25) is 0 Å². The highest BCUT2D eigenvalue weighted by Gasteiger charge is 2.40. The number of benzene rings is 2. The van der Waals surface area contributed by atoms with E-state index in [1.165, 1.54) is 50.8 Å². The molecular formula is C28H34N2. The fourth-order valence-corrected chi connectivity index (χ4v) is 5.08. The summed E-state index contributed by atoms with van der Waals surface area (Å²) in [6.45, 7) is 17.3. The summed E-state index contributed by atoms with van der Waals surface area (Å²) in [5.74, 6) is 0. The zero-order chi connectivity index (χ0) is 21.6. The van der Waals surface area contributed by atoms with E-state index in [1.807, 2.05) is 0 Å². The zero-order valence-electron chi connectivity index (χ0n) is 19.2. The van der Waals surface area contributed by atoms with Crippen LogP contribution in [0.25, 0.3) is 22.2 Å². The molecule has 2 heteroatoms. The maximum atomic E-state index is 4.48. The second-order valence-corrected chi connectivity index (χ2v) is 9.07. The van der Waals surface area contributed by atoms with Crippen LogP contribution in [0, 0.1) is 13.8 Å². The van der Waals surface area contributed by atoms with E-state index < -0.39 is 0 Å². The maximum absolute atomic E-state index is 4.48. The summed E-state index contributed by atoms with van der Waals surface area (Å²) in [4.78, 5) is 0. The van der Waals surface area contributed by atoms with Crippen LogP contribution >= 0.6 is 0 Å². The van der Waals surface area contributed by atoms with Gasteiger partial charge in [0.05, 0.1) is 16.9 Å². The van der Waals surface area contributed by atoms with Crippen LogP contribution < -0.4 is 5.32 Å². The first-order valence-corrected chi connectivity index (χ1v) is 11.1. The summed E-state index contributed by atoms with van der Waals surface area (Å²) >= 11 is 0. The quantitative estimate of drug-likeness (QED) is 0.471. The monoisotopic (exact) mass is 398 g/mol. The van der Waals surface area contributed by atoms with Crippen molar-refractivity contribution in [1.29, 1.82) is 0 Å². The third-order valence-electron chi connectivity index (χ3n) is 7.13. The number of aromatic nitrogens is 1. The van der Waals surface area contributed by atoms with Crippen molar-refractivity contribution in [3.05, 3.63) is 83.1 Å². The molecule has 0 spiro atoms. The van der Waals surface area contributed by atoms with Gasteiger partial charge in [0.25, 0.3) is 0 Å². The molecule has 0 radical (unpaired) electrons.